The Morgan fingerprint density at radius 1 is 1.12 bits per heavy atom. The number of aromatic nitrogens is 1. The zero-order valence-corrected chi connectivity index (χ0v) is 10.4. The Labute approximate surface area is 97.5 Å². The van der Waals surface area contributed by atoms with E-state index in [4.69, 9.17) is 0 Å². The minimum Gasteiger partial charge on any atom is -0.350 e. The van der Waals surface area contributed by atoms with Crippen molar-refractivity contribution in [3.8, 4) is 0 Å². The SMILES string of the molecule is CCN(CC)Cc1cn(C)c2ccccc12. The van der Waals surface area contributed by atoms with Crippen LogP contribution in [0.2, 0.25) is 0 Å². The van der Waals surface area contributed by atoms with Crippen LogP contribution >= 0.6 is 0 Å². The van der Waals surface area contributed by atoms with Crippen LogP contribution in [0.5, 0.6) is 0 Å². The highest BCUT2D eigenvalue weighted by molar-refractivity contribution is 5.83. The predicted octanol–water partition coefficient (Wildman–Crippen LogP) is 3.02. The molecule has 2 nitrogen and oxygen atoms in total. The van der Waals surface area contributed by atoms with E-state index in [0.717, 1.165) is 19.6 Å². The van der Waals surface area contributed by atoms with Gasteiger partial charge in [0, 0.05) is 30.7 Å². The first-order chi connectivity index (χ1) is 7.76. The molecule has 1 aromatic carbocycles. The molecule has 0 bridgehead atoms. The molecule has 0 atom stereocenters. The highest BCUT2D eigenvalue weighted by Gasteiger charge is 2.08. The molecule has 0 aliphatic carbocycles. The van der Waals surface area contributed by atoms with E-state index >= 15 is 0 Å². The van der Waals surface area contributed by atoms with Crippen molar-refractivity contribution < 1.29 is 0 Å². The lowest BCUT2D eigenvalue weighted by Gasteiger charge is -2.17. The Morgan fingerprint density at radius 2 is 1.81 bits per heavy atom. The maximum absolute atomic E-state index is 2.45. The molecule has 0 amide bonds. The fourth-order valence-corrected chi connectivity index (χ4v) is 2.24. The first-order valence-corrected chi connectivity index (χ1v) is 6.01. The van der Waals surface area contributed by atoms with Crippen molar-refractivity contribution in [1.29, 1.82) is 0 Å². The monoisotopic (exact) mass is 216 g/mol. The number of aryl methyl sites for hydroxylation is 1. The van der Waals surface area contributed by atoms with Gasteiger partial charge in [0.25, 0.3) is 0 Å². The van der Waals surface area contributed by atoms with E-state index in [1.54, 1.807) is 0 Å². The lowest BCUT2D eigenvalue weighted by molar-refractivity contribution is 0.297. The average molecular weight is 216 g/mol. The van der Waals surface area contributed by atoms with Gasteiger partial charge in [0.2, 0.25) is 0 Å². The molecule has 2 rings (SSSR count). The maximum atomic E-state index is 2.45. The number of hydrogen-bond acceptors (Lipinski definition) is 1. The van der Waals surface area contributed by atoms with E-state index in [-0.39, 0.29) is 0 Å². The minimum atomic E-state index is 1.05. The first kappa shape index (κ1) is 11.2. The van der Waals surface area contributed by atoms with Gasteiger partial charge >= 0.3 is 0 Å². The topological polar surface area (TPSA) is 8.17 Å². The normalized spacial score (nSPS) is 11.5. The number of hydrogen-bond donors (Lipinski definition) is 0. The highest BCUT2D eigenvalue weighted by Crippen LogP contribution is 2.21. The summed E-state index contributed by atoms with van der Waals surface area (Å²) >= 11 is 0. The van der Waals surface area contributed by atoms with Crippen LogP contribution in [0.15, 0.2) is 30.5 Å². The molecule has 0 radical (unpaired) electrons. The van der Waals surface area contributed by atoms with Crippen molar-refractivity contribution in [2.45, 2.75) is 20.4 Å². The molecule has 1 aromatic heterocycles. The van der Waals surface area contributed by atoms with Crippen LogP contribution in [0.1, 0.15) is 19.4 Å². The highest BCUT2D eigenvalue weighted by atomic mass is 15.1. The third-order valence-corrected chi connectivity index (χ3v) is 3.27. The van der Waals surface area contributed by atoms with Gasteiger partial charge in [-0.25, -0.2) is 0 Å². The summed E-state index contributed by atoms with van der Waals surface area (Å²) in [4.78, 5) is 2.45. The summed E-state index contributed by atoms with van der Waals surface area (Å²) in [6.07, 6.45) is 2.25. The molecule has 16 heavy (non-hydrogen) atoms. The van der Waals surface area contributed by atoms with Crippen molar-refractivity contribution >= 4 is 10.9 Å². The Kier molecular flexibility index (Phi) is 3.30. The fourth-order valence-electron chi connectivity index (χ4n) is 2.24. The van der Waals surface area contributed by atoms with Gasteiger partial charge < -0.3 is 4.57 Å². The first-order valence-electron chi connectivity index (χ1n) is 6.01. The summed E-state index contributed by atoms with van der Waals surface area (Å²) in [7, 11) is 2.12. The fraction of sp³-hybridized carbons (Fsp3) is 0.429. The van der Waals surface area contributed by atoms with Crippen LogP contribution in [0.4, 0.5) is 0 Å². The summed E-state index contributed by atoms with van der Waals surface area (Å²) in [5.41, 5.74) is 2.76. The van der Waals surface area contributed by atoms with E-state index in [9.17, 15) is 0 Å². The van der Waals surface area contributed by atoms with E-state index in [2.05, 4.69) is 60.8 Å². The second kappa shape index (κ2) is 4.71. The number of benzene rings is 1. The molecule has 0 saturated carbocycles. The lowest BCUT2D eigenvalue weighted by Crippen LogP contribution is -2.21. The zero-order valence-electron chi connectivity index (χ0n) is 10.4. The molecule has 0 aliphatic heterocycles. The Morgan fingerprint density at radius 3 is 2.50 bits per heavy atom. The Hall–Kier alpha value is -1.28. The van der Waals surface area contributed by atoms with Crippen LogP contribution < -0.4 is 0 Å². The smallest absolute Gasteiger partial charge is 0.0481 e. The number of nitrogens with zero attached hydrogens (tertiary/aromatic N) is 2. The number of fused-ring (bicyclic) bond motifs is 1. The average Bonchev–Trinajstić information content (AvgIpc) is 2.64. The van der Waals surface area contributed by atoms with Gasteiger partial charge in [-0.3, -0.25) is 4.90 Å². The summed E-state index contributed by atoms with van der Waals surface area (Å²) in [5, 5.41) is 1.39. The summed E-state index contributed by atoms with van der Waals surface area (Å²) in [5.74, 6) is 0. The van der Waals surface area contributed by atoms with Crippen LogP contribution in [0.3, 0.4) is 0 Å². The largest absolute Gasteiger partial charge is 0.350 e. The van der Waals surface area contributed by atoms with Crippen molar-refractivity contribution in [2.75, 3.05) is 13.1 Å². The minimum absolute atomic E-state index is 1.05. The molecular formula is C14H20N2. The zero-order chi connectivity index (χ0) is 11.5. The molecule has 1 heterocycles. The van der Waals surface area contributed by atoms with E-state index in [0.29, 0.717) is 0 Å². The maximum Gasteiger partial charge on any atom is 0.0481 e. The predicted molar refractivity (Wildman–Crippen MR) is 69.5 cm³/mol. The van der Waals surface area contributed by atoms with Crippen molar-refractivity contribution in [3.63, 3.8) is 0 Å². The summed E-state index contributed by atoms with van der Waals surface area (Å²) < 4.78 is 2.22. The third kappa shape index (κ3) is 1.98. The van der Waals surface area contributed by atoms with Crippen LogP contribution in [0.25, 0.3) is 10.9 Å². The molecule has 0 unspecified atom stereocenters. The molecule has 0 fully saturated rings. The van der Waals surface area contributed by atoms with Crippen LogP contribution in [-0.2, 0) is 13.6 Å². The van der Waals surface area contributed by atoms with Gasteiger partial charge in [-0.15, -0.1) is 0 Å². The summed E-state index contributed by atoms with van der Waals surface area (Å²) in [6, 6.07) is 8.62. The Balaban J connectivity index is 2.37. The van der Waals surface area contributed by atoms with E-state index < -0.39 is 0 Å². The molecule has 0 aliphatic rings. The van der Waals surface area contributed by atoms with Crippen molar-refractivity contribution in [2.24, 2.45) is 7.05 Å². The van der Waals surface area contributed by atoms with E-state index in [1.165, 1.54) is 16.5 Å². The van der Waals surface area contributed by atoms with Crippen molar-refractivity contribution in [1.82, 2.24) is 9.47 Å². The standard InChI is InChI=1S/C14H20N2/c1-4-16(5-2)11-12-10-15(3)14-9-7-6-8-13(12)14/h6-10H,4-5,11H2,1-3H3. The quantitative estimate of drug-likeness (QED) is 0.762. The Bertz CT molecular complexity index is 467. The molecule has 0 saturated heterocycles. The van der Waals surface area contributed by atoms with Crippen LogP contribution in [0, 0.1) is 0 Å². The number of para-hydroxylation sites is 1. The lowest BCUT2D eigenvalue weighted by atomic mass is 10.1. The molecule has 2 heteroatoms. The van der Waals surface area contributed by atoms with Gasteiger partial charge in [-0.1, -0.05) is 32.0 Å². The molecular weight excluding hydrogens is 196 g/mol. The summed E-state index contributed by atoms with van der Waals surface area (Å²) in [6.45, 7) is 7.71. The molecule has 2 aromatic rings. The van der Waals surface area contributed by atoms with Gasteiger partial charge in [-0.05, 0) is 24.7 Å². The van der Waals surface area contributed by atoms with Gasteiger partial charge in [-0.2, -0.15) is 0 Å². The third-order valence-electron chi connectivity index (χ3n) is 3.27. The molecule has 0 N–H and O–H groups in total. The van der Waals surface area contributed by atoms with E-state index in [1.807, 2.05) is 0 Å². The second-order valence-corrected chi connectivity index (χ2v) is 4.24. The van der Waals surface area contributed by atoms with Crippen molar-refractivity contribution in [3.05, 3.63) is 36.0 Å². The van der Waals surface area contributed by atoms with Crippen LogP contribution in [-0.4, -0.2) is 22.6 Å². The molecule has 0 spiro atoms. The molecule has 86 valence electrons. The second-order valence-electron chi connectivity index (χ2n) is 4.24. The van der Waals surface area contributed by atoms with Gasteiger partial charge in [0.15, 0.2) is 0 Å². The van der Waals surface area contributed by atoms with Gasteiger partial charge in [0.05, 0.1) is 0 Å². The number of rotatable bonds is 4. The van der Waals surface area contributed by atoms with Gasteiger partial charge in [0.1, 0.15) is 0 Å².